The van der Waals surface area contributed by atoms with Crippen LogP contribution in [0, 0.1) is 0 Å². The molecule has 22 heavy (non-hydrogen) atoms. The Hall–Kier alpha value is -1.08. The van der Waals surface area contributed by atoms with Crippen LogP contribution >= 0.6 is 46.4 Å². The molecule has 0 aliphatic carbocycles. The van der Waals surface area contributed by atoms with Gasteiger partial charge >= 0.3 is 12.2 Å². The Balaban J connectivity index is 2.66. The summed E-state index contributed by atoms with van der Waals surface area (Å²) < 4.78 is 7.42. The maximum Gasteiger partial charge on any atom is 0.413 e. The lowest BCUT2D eigenvalue weighted by Gasteiger charge is -2.24. The third kappa shape index (κ3) is 6.79. The molecule has 0 fully saturated rings. The predicted molar refractivity (Wildman–Crippen MR) is 85.8 cm³/mol. The highest BCUT2D eigenvalue weighted by molar-refractivity contribution is 6.68. The van der Waals surface area contributed by atoms with E-state index in [4.69, 9.17) is 51.1 Å². The highest BCUT2D eigenvalue weighted by atomic mass is 35.6. The van der Waals surface area contributed by atoms with Gasteiger partial charge in [-0.1, -0.05) is 46.4 Å². The Morgan fingerprint density at radius 3 is 2.27 bits per heavy atom. The first kappa shape index (κ1) is 19.0. The zero-order chi connectivity index (χ0) is 16.8. The highest BCUT2D eigenvalue weighted by Crippen LogP contribution is 2.31. The number of benzene rings is 1. The third-order valence-corrected chi connectivity index (χ3v) is 2.98. The van der Waals surface area contributed by atoms with E-state index in [0.717, 1.165) is 0 Å². The Morgan fingerprint density at radius 1 is 1.18 bits per heavy atom. The first-order valence-electron chi connectivity index (χ1n) is 5.95. The molecule has 0 radical (unpaired) electrons. The molecule has 0 unspecified atom stereocenters. The lowest BCUT2D eigenvalue weighted by atomic mass is 10.3. The van der Waals surface area contributed by atoms with Crippen molar-refractivity contribution in [3.63, 3.8) is 0 Å². The number of ether oxygens (including phenoxy) is 2. The number of amides is 2. The normalized spacial score (nSPS) is 12.2. The molecule has 1 aromatic rings. The van der Waals surface area contributed by atoms with Gasteiger partial charge in [0.05, 0.1) is 6.61 Å². The number of carbonyl (C=O) groups is 2. The second-order valence-corrected chi connectivity index (χ2v) is 6.63. The number of hydrogen-bond acceptors (Lipinski definition) is 4. The smallest absolute Gasteiger partial charge is 0.413 e. The molecule has 0 aliphatic rings. The van der Waals surface area contributed by atoms with Gasteiger partial charge in [0.15, 0.2) is 0 Å². The van der Waals surface area contributed by atoms with Crippen LogP contribution in [0.15, 0.2) is 24.3 Å². The van der Waals surface area contributed by atoms with Crippen molar-refractivity contribution in [2.24, 2.45) is 0 Å². The van der Waals surface area contributed by atoms with Crippen LogP contribution in [0.2, 0.25) is 5.02 Å². The summed E-state index contributed by atoms with van der Waals surface area (Å²) in [6.45, 7) is 1.70. The van der Waals surface area contributed by atoms with Gasteiger partial charge in [0.25, 0.3) is 0 Å². The molecule has 0 heterocycles. The van der Waals surface area contributed by atoms with Crippen LogP contribution < -0.4 is 10.6 Å². The van der Waals surface area contributed by atoms with Crippen molar-refractivity contribution in [2.75, 3.05) is 11.9 Å². The van der Waals surface area contributed by atoms with Crippen LogP contribution in [-0.4, -0.2) is 28.8 Å². The molecular formula is C12H12Cl4N2O4. The van der Waals surface area contributed by atoms with Crippen LogP contribution in [0.1, 0.15) is 6.92 Å². The summed E-state index contributed by atoms with van der Waals surface area (Å²) in [5.41, 5.74) is 0.411. The van der Waals surface area contributed by atoms with Gasteiger partial charge in [0.1, 0.15) is 0 Å². The van der Waals surface area contributed by atoms with Crippen molar-refractivity contribution in [3.05, 3.63) is 29.3 Å². The molecule has 1 rings (SSSR count). The molecule has 1 atom stereocenters. The summed E-state index contributed by atoms with van der Waals surface area (Å²) >= 11 is 22.7. The van der Waals surface area contributed by atoms with Gasteiger partial charge < -0.3 is 9.47 Å². The molecular weight excluding hydrogens is 378 g/mol. The maximum absolute atomic E-state index is 11.8. The number of alkyl carbamates (subject to hydrolysis) is 1. The summed E-state index contributed by atoms with van der Waals surface area (Å²) in [5.74, 6) is 0. The molecule has 10 heteroatoms. The highest BCUT2D eigenvalue weighted by Gasteiger charge is 2.38. The summed E-state index contributed by atoms with van der Waals surface area (Å²) in [4.78, 5) is 23.1. The predicted octanol–water partition coefficient (Wildman–Crippen LogP) is 4.33. The Labute approximate surface area is 146 Å². The van der Waals surface area contributed by atoms with E-state index in [2.05, 4.69) is 15.4 Å². The molecule has 0 saturated carbocycles. The lowest BCUT2D eigenvalue weighted by Crippen LogP contribution is -2.47. The summed E-state index contributed by atoms with van der Waals surface area (Å²) in [6, 6.07) is 6.24. The first-order chi connectivity index (χ1) is 10.2. The zero-order valence-corrected chi connectivity index (χ0v) is 14.3. The maximum atomic E-state index is 11.8. The van der Waals surface area contributed by atoms with Gasteiger partial charge in [0, 0.05) is 10.7 Å². The van der Waals surface area contributed by atoms with Gasteiger partial charge in [-0.25, -0.2) is 9.59 Å². The van der Waals surface area contributed by atoms with Gasteiger partial charge in [-0.05, 0) is 31.2 Å². The van der Waals surface area contributed by atoms with Gasteiger partial charge in [-0.2, -0.15) is 0 Å². The standard InChI is InChI=1S/C12H12Cl4N2O4/c1-2-21-10(19)18-9(12(14,15)16)22-11(20)17-8-5-3-7(13)4-6-8/h3-6,9H,2H2,1H3,(H,17,20)(H,18,19)/t9-/m1/s1. The minimum absolute atomic E-state index is 0.107. The van der Waals surface area contributed by atoms with Gasteiger partial charge in [0.2, 0.25) is 10.0 Å². The van der Waals surface area contributed by atoms with Gasteiger partial charge in [-0.15, -0.1) is 0 Å². The number of carbonyl (C=O) groups excluding carboxylic acids is 2. The van der Waals surface area contributed by atoms with Gasteiger partial charge in [-0.3, -0.25) is 10.6 Å². The zero-order valence-electron chi connectivity index (χ0n) is 11.2. The molecule has 0 spiro atoms. The van der Waals surface area contributed by atoms with E-state index in [0.29, 0.717) is 10.7 Å². The van der Waals surface area contributed by atoms with E-state index >= 15 is 0 Å². The van der Waals surface area contributed by atoms with Crippen molar-refractivity contribution in [1.82, 2.24) is 5.32 Å². The van der Waals surface area contributed by atoms with E-state index < -0.39 is 22.2 Å². The number of anilines is 1. The Morgan fingerprint density at radius 2 is 1.77 bits per heavy atom. The summed E-state index contributed by atoms with van der Waals surface area (Å²) in [6.07, 6.45) is -3.36. The minimum Gasteiger partial charge on any atom is -0.450 e. The second kappa shape index (κ2) is 8.53. The van der Waals surface area contributed by atoms with E-state index in [1.54, 1.807) is 31.2 Å². The molecule has 6 nitrogen and oxygen atoms in total. The fourth-order valence-electron chi connectivity index (χ4n) is 1.25. The molecule has 0 saturated heterocycles. The summed E-state index contributed by atoms with van der Waals surface area (Å²) in [7, 11) is 0. The van der Waals surface area contributed by atoms with Crippen LogP contribution in [0.25, 0.3) is 0 Å². The fourth-order valence-corrected chi connectivity index (χ4v) is 1.67. The lowest BCUT2D eigenvalue weighted by molar-refractivity contribution is 0.0795. The average Bonchev–Trinajstić information content (AvgIpc) is 2.40. The number of nitrogens with one attached hydrogen (secondary N) is 2. The fraction of sp³-hybridized carbons (Fsp3) is 0.333. The summed E-state index contributed by atoms with van der Waals surface area (Å²) in [5, 5.41) is 5.01. The van der Waals surface area contributed by atoms with Crippen molar-refractivity contribution in [2.45, 2.75) is 16.9 Å². The van der Waals surface area contributed by atoms with Crippen molar-refractivity contribution in [3.8, 4) is 0 Å². The van der Waals surface area contributed by atoms with Crippen LogP contribution in [0.4, 0.5) is 15.3 Å². The molecule has 1 aromatic carbocycles. The number of halogens is 4. The number of hydrogen-bond donors (Lipinski definition) is 2. The van der Waals surface area contributed by atoms with E-state index in [1.165, 1.54) is 0 Å². The van der Waals surface area contributed by atoms with E-state index in [-0.39, 0.29) is 6.61 Å². The average molecular weight is 390 g/mol. The molecule has 2 amide bonds. The van der Waals surface area contributed by atoms with Crippen molar-refractivity contribution < 1.29 is 19.1 Å². The number of rotatable bonds is 4. The van der Waals surface area contributed by atoms with E-state index in [1.807, 2.05) is 0 Å². The van der Waals surface area contributed by atoms with Crippen LogP contribution in [0.3, 0.4) is 0 Å². The third-order valence-electron chi connectivity index (χ3n) is 2.14. The molecule has 2 N–H and O–H groups in total. The number of alkyl halides is 3. The Bertz CT molecular complexity index is 519. The SMILES string of the molecule is CCOC(=O)N[C@H](OC(=O)Nc1ccc(Cl)cc1)C(Cl)(Cl)Cl. The minimum atomic E-state index is -2.08. The topological polar surface area (TPSA) is 76.7 Å². The van der Waals surface area contributed by atoms with Crippen LogP contribution in [0.5, 0.6) is 0 Å². The largest absolute Gasteiger partial charge is 0.450 e. The Kier molecular flexibility index (Phi) is 7.35. The molecule has 122 valence electrons. The van der Waals surface area contributed by atoms with Crippen molar-refractivity contribution in [1.29, 1.82) is 0 Å². The second-order valence-electron chi connectivity index (χ2n) is 3.82. The monoisotopic (exact) mass is 388 g/mol. The first-order valence-corrected chi connectivity index (χ1v) is 7.46. The van der Waals surface area contributed by atoms with E-state index in [9.17, 15) is 9.59 Å². The molecule has 0 aromatic heterocycles. The van der Waals surface area contributed by atoms with Crippen molar-refractivity contribution >= 4 is 64.3 Å². The molecule has 0 aliphatic heterocycles. The van der Waals surface area contributed by atoms with Crippen LogP contribution in [-0.2, 0) is 9.47 Å². The molecule has 0 bridgehead atoms. The quantitative estimate of drug-likeness (QED) is 0.593.